The maximum atomic E-state index is 6.41. The van der Waals surface area contributed by atoms with Crippen LogP contribution in [-0.2, 0) is 25.6 Å². The van der Waals surface area contributed by atoms with Gasteiger partial charge in [-0.1, -0.05) is 65.9 Å². The zero-order valence-corrected chi connectivity index (χ0v) is 17.6. The highest BCUT2D eigenvalue weighted by Crippen LogP contribution is 2.46. The summed E-state index contributed by atoms with van der Waals surface area (Å²) in [6.45, 7) is 6.51. The third-order valence-corrected chi connectivity index (χ3v) is 6.62. The molecule has 0 saturated carbocycles. The van der Waals surface area contributed by atoms with E-state index in [0.717, 1.165) is 16.4 Å². The third kappa shape index (κ3) is 3.29. The van der Waals surface area contributed by atoms with Crippen molar-refractivity contribution in [2.75, 3.05) is 4.43 Å². The van der Waals surface area contributed by atoms with E-state index in [9.17, 15) is 0 Å². The molecule has 0 N–H and O–H groups in total. The van der Waals surface area contributed by atoms with Crippen LogP contribution in [0.25, 0.3) is 10.8 Å². The molecule has 2 saturated heterocycles. The van der Waals surface area contributed by atoms with Gasteiger partial charge in [0.1, 0.15) is 17.8 Å². The van der Waals surface area contributed by atoms with E-state index in [4.69, 9.17) is 18.9 Å². The number of benzene rings is 2. The van der Waals surface area contributed by atoms with Crippen molar-refractivity contribution in [2.24, 2.45) is 0 Å². The quantitative estimate of drug-likeness (QED) is 0.466. The highest BCUT2D eigenvalue weighted by molar-refractivity contribution is 14.1. The summed E-state index contributed by atoms with van der Waals surface area (Å²) in [4.78, 5) is 0. The van der Waals surface area contributed by atoms with E-state index in [1.54, 1.807) is 0 Å². The number of halogens is 1. The van der Waals surface area contributed by atoms with Crippen LogP contribution < -0.4 is 0 Å². The Balaban J connectivity index is 1.55. The molecule has 0 aromatic heterocycles. The summed E-state index contributed by atoms with van der Waals surface area (Å²) in [5.41, 5.74) is 0.784. The van der Waals surface area contributed by atoms with E-state index in [1.807, 2.05) is 13.8 Å². The Labute approximate surface area is 168 Å². The molecular formula is C21H25IO4. The smallest absolute Gasteiger partial charge is 0.190 e. The number of alkyl halides is 1. The molecule has 2 aliphatic heterocycles. The van der Waals surface area contributed by atoms with Crippen LogP contribution >= 0.6 is 22.6 Å². The van der Waals surface area contributed by atoms with E-state index in [-0.39, 0.29) is 24.1 Å². The number of ether oxygens (including phenoxy) is 4. The summed E-state index contributed by atoms with van der Waals surface area (Å²) < 4.78 is 25.6. The molecule has 0 spiro atoms. The summed E-state index contributed by atoms with van der Waals surface area (Å²) in [7, 11) is 0. The van der Waals surface area contributed by atoms with E-state index in [2.05, 4.69) is 72.0 Å². The molecule has 5 heteroatoms. The first kappa shape index (κ1) is 18.6. The van der Waals surface area contributed by atoms with E-state index >= 15 is 0 Å². The van der Waals surface area contributed by atoms with Gasteiger partial charge in [0.05, 0.1) is 6.61 Å². The van der Waals surface area contributed by atoms with Gasteiger partial charge in [0.2, 0.25) is 0 Å². The molecule has 2 aromatic carbocycles. The molecule has 4 atom stereocenters. The maximum absolute atomic E-state index is 6.41. The number of rotatable bonds is 5. The van der Waals surface area contributed by atoms with Gasteiger partial charge in [0.15, 0.2) is 12.1 Å². The van der Waals surface area contributed by atoms with Crippen LogP contribution in [0.1, 0.15) is 32.8 Å². The fourth-order valence-corrected chi connectivity index (χ4v) is 5.05. The first-order chi connectivity index (χ1) is 12.5. The Morgan fingerprint density at radius 3 is 2.54 bits per heavy atom. The molecule has 26 heavy (non-hydrogen) atoms. The van der Waals surface area contributed by atoms with Crippen LogP contribution in [0.3, 0.4) is 0 Å². The summed E-state index contributed by atoms with van der Waals surface area (Å²) >= 11 is 2.38. The van der Waals surface area contributed by atoms with Crippen molar-refractivity contribution < 1.29 is 18.9 Å². The van der Waals surface area contributed by atoms with Crippen LogP contribution in [0.2, 0.25) is 0 Å². The van der Waals surface area contributed by atoms with Crippen molar-refractivity contribution in [3.05, 3.63) is 48.0 Å². The molecule has 2 aromatic rings. The van der Waals surface area contributed by atoms with E-state index in [0.29, 0.717) is 6.61 Å². The fourth-order valence-electron chi connectivity index (χ4n) is 3.90. The minimum absolute atomic E-state index is 0.150. The average Bonchev–Trinajstić information content (AvgIpc) is 3.08. The lowest BCUT2D eigenvalue weighted by molar-refractivity contribution is -0.239. The predicted molar refractivity (Wildman–Crippen MR) is 109 cm³/mol. The lowest BCUT2D eigenvalue weighted by Gasteiger charge is -2.34. The summed E-state index contributed by atoms with van der Waals surface area (Å²) in [5, 5.41) is 2.47. The maximum Gasteiger partial charge on any atom is 0.190 e. The summed E-state index contributed by atoms with van der Waals surface area (Å²) in [6.07, 6.45) is 0.155. The van der Waals surface area contributed by atoms with E-state index < -0.39 is 5.79 Å². The molecule has 0 amide bonds. The molecule has 0 radical (unpaired) electrons. The Bertz CT molecular complexity index is 786. The molecule has 0 unspecified atom stereocenters. The van der Waals surface area contributed by atoms with Gasteiger partial charge in [-0.15, -0.1) is 0 Å². The minimum Gasteiger partial charge on any atom is -0.368 e. The van der Waals surface area contributed by atoms with Crippen molar-refractivity contribution in [3.63, 3.8) is 0 Å². The predicted octanol–water partition coefficient (Wildman–Crippen LogP) is 4.82. The van der Waals surface area contributed by atoms with Crippen molar-refractivity contribution in [3.8, 4) is 0 Å². The van der Waals surface area contributed by atoms with Crippen LogP contribution in [-0.4, -0.2) is 34.3 Å². The van der Waals surface area contributed by atoms with Crippen LogP contribution in [0.4, 0.5) is 0 Å². The zero-order chi connectivity index (χ0) is 18.4. The molecule has 2 heterocycles. The monoisotopic (exact) mass is 468 g/mol. The van der Waals surface area contributed by atoms with Gasteiger partial charge in [-0.05, 0) is 42.7 Å². The normalized spacial score (nSPS) is 32.8. The molecular weight excluding hydrogens is 443 g/mol. The Hall–Kier alpha value is -0.730. The summed E-state index contributed by atoms with van der Waals surface area (Å²) in [5.74, 6) is -0.634. The Morgan fingerprint density at radius 2 is 1.81 bits per heavy atom. The molecule has 2 aliphatic rings. The zero-order valence-electron chi connectivity index (χ0n) is 15.4. The van der Waals surface area contributed by atoms with Crippen molar-refractivity contribution >= 4 is 33.4 Å². The number of fused-ring (bicyclic) bond motifs is 2. The van der Waals surface area contributed by atoms with Gasteiger partial charge in [0.25, 0.3) is 0 Å². The molecule has 4 nitrogen and oxygen atoms in total. The second-order valence-electron chi connectivity index (χ2n) is 7.55. The average molecular weight is 468 g/mol. The fraction of sp³-hybridized carbons (Fsp3) is 0.524. The van der Waals surface area contributed by atoms with Crippen molar-refractivity contribution in [2.45, 2.75) is 63.7 Å². The standard InChI is InChI=1S/C21H25IO4/c1-4-21(13-22)18(17-19(26-21)25-20(2,3)24-17)23-12-14-9-10-15-7-5-6-8-16(15)11-14/h5-11,17-19H,4,12-13H2,1-3H3/t17-,18+,19+,21+/m1/s1. The lowest BCUT2D eigenvalue weighted by Crippen LogP contribution is -2.47. The van der Waals surface area contributed by atoms with Crippen LogP contribution in [0, 0.1) is 0 Å². The molecule has 0 bridgehead atoms. The van der Waals surface area contributed by atoms with Crippen LogP contribution in [0.15, 0.2) is 42.5 Å². The van der Waals surface area contributed by atoms with Gasteiger partial charge >= 0.3 is 0 Å². The SMILES string of the molecule is CC[C@@]1(CI)O[C@@H]2OC(C)(C)O[C@@H]2[C@@H]1OCc1ccc2ccccc2c1. The minimum atomic E-state index is -0.634. The molecule has 140 valence electrons. The largest absolute Gasteiger partial charge is 0.368 e. The second kappa shape index (κ2) is 7.02. The van der Waals surface area contributed by atoms with E-state index in [1.165, 1.54) is 10.8 Å². The molecule has 0 aliphatic carbocycles. The number of hydrogen-bond donors (Lipinski definition) is 0. The highest BCUT2D eigenvalue weighted by atomic mass is 127. The van der Waals surface area contributed by atoms with Crippen molar-refractivity contribution in [1.82, 2.24) is 0 Å². The van der Waals surface area contributed by atoms with Crippen molar-refractivity contribution in [1.29, 1.82) is 0 Å². The third-order valence-electron chi connectivity index (χ3n) is 5.32. The lowest BCUT2D eigenvalue weighted by atomic mass is 9.94. The van der Waals surface area contributed by atoms with Gasteiger partial charge < -0.3 is 18.9 Å². The first-order valence-electron chi connectivity index (χ1n) is 9.15. The second-order valence-corrected chi connectivity index (χ2v) is 8.31. The van der Waals surface area contributed by atoms with Crippen LogP contribution in [0.5, 0.6) is 0 Å². The van der Waals surface area contributed by atoms with Gasteiger partial charge in [-0.2, -0.15) is 0 Å². The van der Waals surface area contributed by atoms with Gasteiger partial charge in [-0.3, -0.25) is 0 Å². The summed E-state index contributed by atoms with van der Waals surface area (Å²) in [6, 6.07) is 14.8. The van der Waals surface area contributed by atoms with Gasteiger partial charge in [-0.25, -0.2) is 0 Å². The molecule has 2 fully saturated rings. The molecule has 4 rings (SSSR count). The highest BCUT2D eigenvalue weighted by Gasteiger charge is 2.61. The first-order valence-corrected chi connectivity index (χ1v) is 10.7. The topological polar surface area (TPSA) is 36.9 Å². The Morgan fingerprint density at radius 1 is 1.04 bits per heavy atom. The van der Waals surface area contributed by atoms with Gasteiger partial charge in [0, 0.05) is 4.43 Å². The number of hydrogen-bond acceptors (Lipinski definition) is 4. The Kier molecular flexibility index (Phi) is 5.03.